The van der Waals surface area contributed by atoms with Crippen molar-refractivity contribution in [3.8, 4) is 5.69 Å². The van der Waals surface area contributed by atoms with E-state index in [-0.39, 0.29) is 24.5 Å². The minimum Gasteiger partial charge on any atom is -0.352 e. The van der Waals surface area contributed by atoms with E-state index in [9.17, 15) is 4.79 Å². The molecule has 37 heavy (non-hydrogen) atoms. The average Bonchev–Trinajstić information content (AvgIpc) is 3.35. The number of rotatable bonds is 6. The highest BCUT2D eigenvalue weighted by atomic mass is 32.1. The maximum atomic E-state index is 13.1. The lowest BCUT2D eigenvalue weighted by molar-refractivity contribution is -0.116. The van der Waals surface area contributed by atoms with Gasteiger partial charge in [-0.25, -0.2) is 0 Å². The molecule has 0 unspecified atom stereocenters. The van der Waals surface area contributed by atoms with E-state index in [0.717, 1.165) is 28.3 Å². The minimum atomic E-state index is -0.201. The molecule has 7 heteroatoms. The highest BCUT2D eigenvalue weighted by molar-refractivity contribution is 7.80. The Balaban J connectivity index is 1.57. The summed E-state index contributed by atoms with van der Waals surface area (Å²) in [6, 6.07) is 23.6. The van der Waals surface area contributed by atoms with Crippen molar-refractivity contribution < 1.29 is 4.79 Å². The van der Waals surface area contributed by atoms with Crippen LogP contribution in [0.2, 0.25) is 0 Å². The lowest BCUT2D eigenvalue weighted by atomic mass is 9.96. The Hall–Kier alpha value is -3.97. The molecule has 0 saturated carbocycles. The number of pyridine rings is 1. The maximum absolute atomic E-state index is 13.1. The molecule has 1 fully saturated rings. The number of thiocarbonyl (C=S) groups is 1. The second-order valence-electron chi connectivity index (χ2n) is 9.57. The van der Waals surface area contributed by atoms with Crippen LogP contribution in [0.1, 0.15) is 45.9 Å². The third kappa shape index (κ3) is 4.74. The van der Waals surface area contributed by atoms with Gasteiger partial charge in [0.15, 0.2) is 5.11 Å². The molecule has 4 aromatic rings. The van der Waals surface area contributed by atoms with Crippen molar-refractivity contribution in [3.05, 3.63) is 113 Å². The summed E-state index contributed by atoms with van der Waals surface area (Å²) in [5, 5.41) is 7.00. The third-order valence-corrected chi connectivity index (χ3v) is 7.37. The number of nitrogens with one attached hydrogen (secondary N) is 2. The number of anilines is 1. The first kappa shape index (κ1) is 24.7. The number of carbonyl (C=O) groups excluding carboxylic acids is 1. The summed E-state index contributed by atoms with van der Waals surface area (Å²) in [5.41, 5.74) is 8.66. The first-order valence-corrected chi connectivity index (χ1v) is 12.8. The molecule has 1 amide bonds. The molecule has 6 nitrogen and oxygen atoms in total. The standard InChI is InChI=1S/C30H31N5OS/c1-19-11-10-12-20(2)28(19)35-21(3)17-24(22(35)4)29-27(25-15-8-9-16-31-25)33-30(37)34(29)18-26(36)32-23-13-6-5-7-14-23/h5-17,27,29H,18H2,1-4H3,(H,32,36)(H,33,37)/t27-,29+/m1/s1. The Labute approximate surface area is 223 Å². The van der Waals surface area contributed by atoms with Crippen molar-refractivity contribution in [2.75, 3.05) is 11.9 Å². The summed E-state index contributed by atoms with van der Waals surface area (Å²) >= 11 is 5.80. The number of carbonyl (C=O) groups is 1. The monoisotopic (exact) mass is 509 g/mol. The summed E-state index contributed by atoms with van der Waals surface area (Å²) in [7, 11) is 0. The van der Waals surface area contributed by atoms with Gasteiger partial charge in [0, 0.05) is 23.3 Å². The zero-order valence-corrected chi connectivity index (χ0v) is 22.3. The van der Waals surface area contributed by atoms with Crippen LogP contribution in [0.4, 0.5) is 5.69 Å². The van der Waals surface area contributed by atoms with Gasteiger partial charge in [-0.3, -0.25) is 9.78 Å². The molecule has 3 heterocycles. The molecule has 1 aliphatic rings. The summed E-state index contributed by atoms with van der Waals surface area (Å²) in [4.78, 5) is 19.8. The summed E-state index contributed by atoms with van der Waals surface area (Å²) in [6.45, 7) is 8.69. The molecule has 1 saturated heterocycles. The van der Waals surface area contributed by atoms with E-state index in [0.29, 0.717) is 5.11 Å². The number of para-hydroxylation sites is 2. The molecule has 0 aliphatic carbocycles. The van der Waals surface area contributed by atoms with Crippen LogP contribution in [0.5, 0.6) is 0 Å². The highest BCUT2D eigenvalue weighted by Gasteiger charge is 2.42. The van der Waals surface area contributed by atoms with Gasteiger partial charge in [-0.15, -0.1) is 0 Å². The van der Waals surface area contributed by atoms with Crippen LogP contribution in [0.3, 0.4) is 0 Å². The second kappa shape index (κ2) is 10.2. The van der Waals surface area contributed by atoms with Crippen LogP contribution in [0.25, 0.3) is 5.69 Å². The van der Waals surface area contributed by atoms with Gasteiger partial charge in [0.05, 0.1) is 23.5 Å². The maximum Gasteiger partial charge on any atom is 0.244 e. The molecule has 1 aliphatic heterocycles. The quantitative estimate of drug-likeness (QED) is 0.326. The normalized spacial score (nSPS) is 17.1. The molecular weight excluding hydrogens is 478 g/mol. The molecule has 188 valence electrons. The Bertz CT molecular complexity index is 1430. The van der Waals surface area contributed by atoms with E-state index >= 15 is 0 Å². The molecule has 2 aromatic carbocycles. The van der Waals surface area contributed by atoms with Crippen molar-refractivity contribution in [1.29, 1.82) is 0 Å². The number of benzene rings is 2. The van der Waals surface area contributed by atoms with E-state index in [1.807, 2.05) is 53.4 Å². The molecular formula is C30H31N5OS. The largest absolute Gasteiger partial charge is 0.352 e. The number of hydrogen-bond acceptors (Lipinski definition) is 3. The van der Waals surface area contributed by atoms with Gasteiger partial charge in [-0.2, -0.15) is 0 Å². The molecule has 2 aromatic heterocycles. The van der Waals surface area contributed by atoms with Gasteiger partial charge >= 0.3 is 0 Å². The Kier molecular flexibility index (Phi) is 6.80. The molecule has 0 radical (unpaired) electrons. The minimum absolute atomic E-state index is 0.120. The summed E-state index contributed by atoms with van der Waals surface area (Å²) < 4.78 is 2.32. The lowest BCUT2D eigenvalue weighted by Gasteiger charge is -2.28. The molecule has 0 bridgehead atoms. The third-order valence-electron chi connectivity index (χ3n) is 7.02. The van der Waals surface area contributed by atoms with Crippen LogP contribution in [0, 0.1) is 27.7 Å². The fourth-order valence-corrected chi connectivity index (χ4v) is 5.69. The first-order chi connectivity index (χ1) is 17.8. The number of nitrogens with zero attached hydrogens (tertiary/aromatic N) is 3. The molecule has 5 rings (SSSR count). The van der Waals surface area contributed by atoms with E-state index in [4.69, 9.17) is 12.2 Å². The zero-order chi connectivity index (χ0) is 26.1. The van der Waals surface area contributed by atoms with Crippen LogP contribution >= 0.6 is 12.2 Å². The summed E-state index contributed by atoms with van der Waals surface area (Å²) in [6.07, 6.45) is 1.79. The van der Waals surface area contributed by atoms with Gasteiger partial charge in [-0.1, -0.05) is 42.5 Å². The van der Waals surface area contributed by atoms with Crippen molar-refractivity contribution in [1.82, 2.24) is 19.8 Å². The van der Waals surface area contributed by atoms with Crippen molar-refractivity contribution in [3.63, 3.8) is 0 Å². The van der Waals surface area contributed by atoms with E-state index in [1.54, 1.807) is 6.20 Å². The van der Waals surface area contributed by atoms with Crippen LogP contribution in [-0.4, -0.2) is 32.0 Å². The highest BCUT2D eigenvalue weighted by Crippen LogP contribution is 2.41. The SMILES string of the molecule is Cc1cccc(C)c1-n1c(C)cc([C@H]2[C@@H](c3ccccn3)NC(=S)N2CC(=O)Nc2ccccc2)c1C. The number of amides is 1. The average molecular weight is 510 g/mol. The number of aromatic nitrogens is 2. The van der Waals surface area contributed by atoms with Crippen LogP contribution < -0.4 is 10.6 Å². The number of aryl methyl sites for hydroxylation is 3. The van der Waals surface area contributed by atoms with Gasteiger partial charge in [0.25, 0.3) is 0 Å². The molecule has 2 atom stereocenters. The molecule has 2 N–H and O–H groups in total. The number of hydrogen-bond donors (Lipinski definition) is 2. The fourth-order valence-electron chi connectivity index (χ4n) is 5.38. The van der Waals surface area contributed by atoms with E-state index in [1.165, 1.54) is 16.8 Å². The van der Waals surface area contributed by atoms with Crippen LogP contribution in [-0.2, 0) is 4.79 Å². The second-order valence-corrected chi connectivity index (χ2v) is 9.96. The van der Waals surface area contributed by atoms with Gasteiger partial charge < -0.3 is 20.1 Å². The van der Waals surface area contributed by atoms with Gasteiger partial charge in [0.2, 0.25) is 5.91 Å². The van der Waals surface area contributed by atoms with Gasteiger partial charge in [0.1, 0.15) is 6.54 Å². The zero-order valence-electron chi connectivity index (χ0n) is 21.5. The predicted molar refractivity (Wildman–Crippen MR) is 152 cm³/mol. The smallest absolute Gasteiger partial charge is 0.244 e. The topological polar surface area (TPSA) is 62.2 Å². The Morgan fingerprint density at radius 2 is 1.68 bits per heavy atom. The fraction of sp³-hybridized carbons (Fsp3) is 0.233. The lowest BCUT2D eigenvalue weighted by Crippen LogP contribution is -2.37. The van der Waals surface area contributed by atoms with Crippen molar-refractivity contribution in [2.45, 2.75) is 39.8 Å². The summed E-state index contributed by atoms with van der Waals surface area (Å²) in [5.74, 6) is -0.120. The Morgan fingerprint density at radius 3 is 2.35 bits per heavy atom. The molecule has 0 spiro atoms. The van der Waals surface area contributed by atoms with Gasteiger partial charge in [-0.05, 0) is 86.9 Å². The van der Waals surface area contributed by atoms with E-state index in [2.05, 4.69) is 72.1 Å². The van der Waals surface area contributed by atoms with E-state index < -0.39 is 0 Å². The Morgan fingerprint density at radius 1 is 0.973 bits per heavy atom. The predicted octanol–water partition coefficient (Wildman–Crippen LogP) is 5.72. The first-order valence-electron chi connectivity index (χ1n) is 12.4. The van der Waals surface area contributed by atoms with Crippen LogP contribution in [0.15, 0.2) is 79.0 Å². The van der Waals surface area contributed by atoms with Crippen molar-refractivity contribution in [2.24, 2.45) is 0 Å². The van der Waals surface area contributed by atoms with Crippen molar-refractivity contribution >= 4 is 28.9 Å².